The van der Waals surface area contributed by atoms with Crippen molar-refractivity contribution in [3.63, 3.8) is 0 Å². The van der Waals surface area contributed by atoms with Gasteiger partial charge < -0.3 is 14.7 Å². The Labute approximate surface area is 194 Å². The first kappa shape index (κ1) is 23.2. The summed E-state index contributed by atoms with van der Waals surface area (Å²) in [4.78, 5) is 27.6. The molecule has 0 aliphatic carbocycles. The lowest BCUT2D eigenvalue weighted by Gasteiger charge is -2.18. The molecule has 6 nitrogen and oxygen atoms in total. The van der Waals surface area contributed by atoms with Gasteiger partial charge in [0, 0.05) is 28.9 Å². The molecule has 1 heterocycles. The van der Waals surface area contributed by atoms with Gasteiger partial charge >= 0.3 is 0 Å². The van der Waals surface area contributed by atoms with E-state index in [0.717, 1.165) is 21.9 Å². The fraction of sp³-hybridized carbons (Fsp3) is 0.227. The van der Waals surface area contributed by atoms with Crippen molar-refractivity contribution in [1.29, 1.82) is 0 Å². The number of halogens is 2. The molecule has 0 radical (unpaired) electrons. The minimum absolute atomic E-state index is 0.109. The van der Waals surface area contributed by atoms with E-state index in [1.165, 1.54) is 16.7 Å². The van der Waals surface area contributed by atoms with Crippen molar-refractivity contribution in [2.24, 2.45) is 0 Å². The van der Waals surface area contributed by atoms with Crippen molar-refractivity contribution in [2.75, 3.05) is 18.9 Å². The Morgan fingerprint density at radius 3 is 2.55 bits per heavy atom. The molecular formula is C22H21Cl2N3O3S. The number of nitrogens with zero attached hydrogens (tertiary/aromatic N) is 2. The third kappa shape index (κ3) is 5.81. The van der Waals surface area contributed by atoms with E-state index < -0.39 is 0 Å². The molecule has 0 saturated heterocycles. The van der Waals surface area contributed by atoms with Crippen LogP contribution < -0.4 is 5.32 Å². The van der Waals surface area contributed by atoms with E-state index >= 15 is 0 Å². The number of carbonyl (C=O) groups is 2. The molecule has 3 aromatic rings. The summed E-state index contributed by atoms with van der Waals surface area (Å²) in [5.41, 5.74) is 2.89. The average molecular weight is 478 g/mol. The van der Waals surface area contributed by atoms with Crippen LogP contribution in [0, 0.1) is 13.8 Å². The van der Waals surface area contributed by atoms with Crippen molar-refractivity contribution in [3.05, 3.63) is 75.1 Å². The Morgan fingerprint density at radius 1 is 1.13 bits per heavy atom. The highest BCUT2D eigenvalue weighted by atomic mass is 35.5. The second-order valence-corrected chi connectivity index (χ2v) is 8.76. The summed E-state index contributed by atoms with van der Waals surface area (Å²) in [5.74, 6) is 0.818. The molecule has 3 rings (SSSR count). The van der Waals surface area contributed by atoms with Gasteiger partial charge in [-0.2, -0.15) is 0 Å². The molecule has 0 fully saturated rings. The minimum Gasteiger partial charge on any atom is -0.361 e. The molecule has 162 valence electrons. The van der Waals surface area contributed by atoms with Gasteiger partial charge in [-0.1, -0.05) is 40.5 Å². The van der Waals surface area contributed by atoms with Gasteiger partial charge in [0.05, 0.1) is 27.8 Å². The Morgan fingerprint density at radius 2 is 1.87 bits per heavy atom. The van der Waals surface area contributed by atoms with Gasteiger partial charge in [-0.3, -0.25) is 9.59 Å². The Hall–Kier alpha value is -2.48. The maximum Gasteiger partial charge on any atom is 0.255 e. The largest absolute Gasteiger partial charge is 0.361 e. The Bertz CT molecular complexity index is 1100. The zero-order chi connectivity index (χ0) is 22.5. The number of hydrogen-bond acceptors (Lipinski definition) is 5. The minimum atomic E-state index is -0.338. The van der Waals surface area contributed by atoms with Crippen LogP contribution >= 0.6 is 35.0 Å². The highest BCUT2D eigenvalue weighted by Gasteiger charge is 2.19. The van der Waals surface area contributed by atoms with Crippen LogP contribution in [0.3, 0.4) is 0 Å². The summed E-state index contributed by atoms with van der Waals surface area (Å²) in [6.45, 7) is 3.65. The lowest BCUT2D eigenvalue weighted by molar-refractivity contribution is -0.116. The number of likely N-dealkylation sites (N-methyl/N-ethyl adjacent to an activating group) is 1. The van der Waals surface area contributed by atoms with E-state index in [9.17, 15) is 9.59 Å². The second-order valence-electron chi connectivity index (χ2n) is 6.93. The predicted octanol–water partition coefficient (Wildman–Crippen LogP) is 5.60. The number of nitrogens with one attached hydrogen (secondary N) is 1. The van der Waals surface area contributed by atoms with E-state index in [2.05, 4.69) is 10.5 Å². The Balaban J connectivity index is 1.66. The molecule has 0 aliphatic heterocycles. The van der Waals surface area contributed by atoms with Gasteiger partial charge in [0.15, 0.2) is 0 Å². The molecule has 1 aromatic heterocycles. The Kier molecular flexibility index (Phi) is 7.64. The van der Waals surface area contributed by atoms with Gasteiger partial charge in [0.25, 0.3) is 5.91 Å². The van der Waals surface area contributed by atoms with Gasteiger partial charge in [-0.15, -0.1) is 11.8 Å². The SMILES string of the molecule is Cc1noc(C)c1CSc1ccccc1C(=O)N(C)CC(=O)Nc1ccc(Cl)c(Cl)c1. The first-order chi connectivity index (χ1) is 14.8. The molecule has 0 aliphatic rings. The lowest BCUT2D eigenvalue weighted by Crippen LogP contribution is -2.35. The molecule has 0 spiro atoms. The molecule has 1 N–H and O–H groups in total. The summed E-state index contributed by atoms with van der Waals surface area (Å²) in [6.07, 6.45) is 0. The standard InChI is InChI=1S/C22H21Cl2N3O3S/c1-13-17(14(2)30-26-13)12-31-20-7-5-4-6-16(20)22(29)27(3)11-21(28)25-15-8-9-18(23)19(24)10-15/h4-10H,11-12H2,1-3H3,(H,25,28). The summed E-state index contributed by atoms with van der Waals surface area (Å²) in [7, 11) is 1.59. The van der Waals surface area contributed by atoms with Gasteiger partial charge in [-0.05, 0) is 44.2 Å². The first-order valence-corrected chi connectivity index (χ1v) is 11.1. The summed E-state index contributed by atoms with van der Waals surface area (Å²) < 4.78 is 5.21. The highest BCUT2D eigenvalue weighted by Crippen LogP contribution is 2.29. The molecule has 9 heteroatoms. The predicted molar refractivity (Wildman–Crippen MR) is 124 cm³/mol. The van der Waals surface area contributed by atoms with Crippen molar-refractivity contribution in [3.8, 4) is 0 Å². The van der Waals surface area contributed by atoms with Crippen molar-refractivity contribution < 1.29 is 14.1 Å². The fourth-order valence-electron chi connectivity index (χ4n) is 2.89. The summed E-state index contributed by atoms with van der Waals surface area (Å²) in [6, 6.07) is 12.1. The van der Waals surface area contributed by atoms with Gasteiger partial charge in [-0.25, -0.2) is 0 Å². The van der Waals surface area contributed by atoms with Crippen LogP contribution in [0.1, 0.15) is 27.4 Å². The van der Waals surface area contributed by atoms with E-state index in [-0.39, 0.29) is 18.4 Å². The summed E-state index contributed by atoms with van der Waals surface area (Å²) >= 11 is 13.4. The third-order valence-electron chi connectivity index (χ3n) is 4.60. The van der Waals surface area contributed by atoms with Crippen LogP contribution in [0.4, 0.5) is 5.69 Å². The van der Waals surface area contributed by atoms with E-state index in [1.54, 1.807) is 37.4 Å². The number of carbonyl (C=O) groups excluding carboxylic acids is 2. The quantitative estimate of drug-likeness (QED) is 0.448. The fourth-order valence-corrected chi connectivity index (χ4v) is 4.39. The maximum absolute atomic E-state index is 13.0. The maximum atomic E-state index is 13.0. The van der Waals surface area contributed by atoms with Gasteiger partial charge in [0.1, 0.15) is 5.76 Å². The molecule has 0 atom stereocenters. The molecule has 2 aromatic carbocycles. The topological polar surface area (TPSA) is 75.4 Å². The van der Waals surface area contributed by atoms with E-state index in [4.69, 9.17) is 27.7 Å². The monoisotopic (exact) mass is 477 g/mol. The molecular weight excluding hydrogens is 457 g/mol. The summed E-state index contributed by atoms with van der Waals surface area (Å²) in [5, 5.41) is 7.43. The normalized spacial score (nSPS) is 10.7. The molecule has 2 amide bonds. The van der Waals surface area contributed by atoms with Crippen molar-refractivity contribution in [2.45, 2.75) is 24.5 Å². The van der Waals surface area contributed by atoms with Crippen LogP contribution in [0.2, 0.25) is 10.0 Å². The number of benzene rings is 2. The number of anilines is 1. The van der Waals surface area contributed by atoms with Crippen LogP contribution in [0.15, 0.2) is 51.9 Å². The van der Waals surface area contributed by atoms with E-state index in [0.29, 0.717) is 27.0 Å². The average Bonchev–Trinajstić information content (AvgIpc) is 3.06. The van der Waals surface area contributed by atoms with Crippen LogP contribution in [-0.4, -0.2) is 35.5 Å². The third-order valence-corrected chi connectivity index (χ3v) is 6.44. The molecule has 0 unspecified atom stereocenters. The zero-order valence-electron chi connectivity index (χ0n) is 17.2. The van der Waals surface area contributed by atoms with Crippen molar-refractivity contribution in [1.82, 2.24) is 10.1 Å². The number of aromatic nitrogens is 1. The molecule has 31 heavy (non-hydrogen) atoms. The number of thioether (sulfide) groups is 1. The number of hydrogen-bond donors (Lipinski definition) is 1. The smallest absolute Gasteiger partial charge is 0.255 e. The number of rotatable bonds is 7. The molecule has 0 saturated carbocycles. The number of aryl methyl sites for hydroxylation is 2. The zero-order valence-corrected chi connectivity index (χ0v) is 19.6. The van der Waals surface area contributed by atoms with E-state index in [1.807, 2.05) is 26.0 Å². The first-order valence-electron chi connectivity index (χ1n) is 9.40. The second kappa shape index (κ2) is 10.2. The van der Waals surface area contributed by atoms with Crippen LogP contribution in [0.25, 0.3) is 0 Å². The van der Waals surface area contributed by atoms with Gasteiger partial charge in [0.2, 0.25) is 5.91 Å². The highest BCUT2D eigenvalue weighted by molar-refractivity contribution is 7.98. The van der Waals surface area contributed by atoms with Crippen molar-refractivity contribution >= 4 is 52.5 Å². The number of amides is 2. The lowest BCUT2D eigenvalue weighted by atomic mass is 10.2. The molecule has 0 bridgehead atoms. The van der Waals surface area contributed by atoms with Crippen LogP contribution in [-0.2, 0) is 10.5 Å². The van der Waals surface area contributed by atoms with Crippen LogP contribution in [0.5, 0.6) is 0 Å².